The fraction of sp³-hybridized carbons (Fsp3) is 0.484. The monoisotopic (exact) mass is 611 g/mol. The van der Waals surface area contributed by atoms with Gasteiger partial charge in [0, 0.05) is 26.8 Å². The van der Waals surface area contributed by atoms with E-state index in [1.165, 1.54) is 19.6 Å². The van der Waals surface area contributed by atoms with Crippen molar-refractivity contribution in [3.05, 3.63) is 59.7 Å². The lowest BCUT2D eigenvalue weighted by atomic mass is 10.1. The summed E-state index contributed by atoms with van der Waals surface area (Å²) in [5.41, 5.74) is 13.1. The van der Waals surface area contributed by atoms with E-state index >= 15 is 0 Å². The highest BCUT2D eigenvalue weighted by Gasteiger charge is 2.29. The van der Waals surface area contributed by atoms with Gasteiger partial charge in [-0.25, -0.2) is 0 Å². The predicted octanol–water partition coefficient (Wildman–Crippen LogP) is 0.699. The van der Waals surface area contributed by atoms with Crippen LogP contribution in [-0.4, -0.2) is 103 Å². The van der Waals surface area contributed by atoms with E-state index in [2.05, 4.69) is 5.32 Å². The van der Waals surface area contributed by atoms with Crippen LogP contribution in [0.2, 0.25) is 0 Å². The van der Waals surface area contributed by atoms with Gasteiger partial charge in [0.15, 0.2) is 11.5 Å². The Hall–Kier alpha value is -4.20. The summed E-state index contributed by atoms with van der Waals surface area (Å²) < 4.78 is 10.8. The van der Waals surface area contributed by atoms with Gasteiger partial charge in [0.2, 0.25) is 30.4 Å². The number of hydrogen-bond donors (Lipinski definition) is 3. The number of likely N-dealkylation sites (N-methyl/N-ethyl adjacent to an activating group) is 1. The maximum Gasteiger partial charge on any atom is 0.243 e. The van der Waals surface area contributed by atoms with Crippen molar-refractivity contribution < 1.29 is 28.7 Å². The van der Waals surface area contributed by atoms with Gasteiger partial charge in [0.05, 0.1) is 25.8 Å². The molecule has 4 amide bonds. The summed E-state index contributed by atoms with van der Waals surface area (Å²) in [6.45, 7) is 5.59. The van der Waals surface area contributed by atoms with Crippen molar-refractivity contribution in [1.82, 2.24) is 24.9 Å². The fourth-order valence-electron chi connectivity index (χ4n) is 4.78. The zero-order chi connectivity index (χ0) is 32.2. The zero-order valence-corrected chi connectivity index (χ0v) is 26.0. The summed E-state index contributed by atoms with van der Waals surface area (Å²) in [5, 5.41) is 2.78. The van der Waals surface area contributed by atoms with Crippen LogP contribution in [0.1, 0.15) is 37.9 Å². The van der Waals surface area contributed by atoms with Crippen molar-refractivity contribution in [1.29, 1.82) is 0 Å². The smallest absolute Gasteiger partial charge is 0.243 e. The van der Waals surface area contributed by atoms with Gasteiger partial charge in [-0.2, -0.15) is 0 Å². The lowest BCUT2D eigenvalue weighted by molar-refractivity contribution is -0.147. The third kappa shape index (κ3) is 9.66. The minimum atomic E-state index is -0.471. The molecule has 3 rings (SSSR count). The molecular weight excluding hydrogens is 566 g/mol. The van der Waals surface area contributed by atoms with Gasteiger partial charge in [-0.15, -0.1) is 0 Å². The Balaban J connectivity index is 1.74. The normalized spacial score (nSPS) is 12.5. The van der Waals surface area contributed by atoms with Gasteiger partial charge in [0.25, 0.3) is 0 Å². The number of amides is 4. The second-order valence-electron chi connectivity index (χ2n) is 11.1. The van der Waals surface area contributed by atoms with Crippen LogP contribution < -0.4 is 26.3 Å². The van der Waals surface area contributed by atoms with Gasteiger partial charge in [-0.1, -0.05) is 50.2 Å². The number of carbonyl (C=O) groups is 4. The molecule has 0 aliphatic carbocycles. The van der Waals surface area contributed by atoms with Crippen molar-refractivity contribution in [2.45, 2.75) is 33.4 Å². The molecule has 13 heteroatoms. The highest BCUT2D eigenvalue weighted by Crippen LogP contribution is 2.32. The maximum absolute atomic E-state index is 13.8. The lowest BCUT2D eigenvalue weighted by Crippen LogP contribution is -2.52. The maximum atomic E-state index is 13.8. The molecule has 13 nitrogen and oxygen atoms in total. The number of hydrogen-bond acceptors (Lipinski definition) is 9. The molecule has 1 atom stereocenters. The van der Waals surface area contributed by atoms with Gasteiger partial charge in [-0.05, 0) is 36.1 Å². The highest BCUT2D eigenvalue weighted by atomic mass is 16.7. The molecule has 1 aliphatic rings. The molecule has 240 valence electrons. The molecule has 0 saturated carbocycles. The Bertz CT molecular complexity index is 1280. The van der Waals surface area contributed by atoms with Crippen LogP contribution in [0.3, 0.4) is 0 Å². The number of nitrogens with one attached hydrogen (secondary N) is 1. The van der Waals surface area contributed by atoms with E-state index in [0.717, 1.165) is 11.1 Å². The van der Waals surface area contributed by atoms with Crippen LogP contribution in [-0.2, 0) is 25.7 Å². The molecule has 0 spiro atoms. The van der Waals surface area contributed by atoms with Crippen molar-refractivity contribution in [2.75, 3.05) is 59.9 Å². The van der Waals surface area contributed by atoms with Crippen LogP contribution in [0.5, 0.6) is 11.5 Å². The average Bonchev–Trinajstić information content (AvgIpc) is 3.48. The van der Waals surface area contributed by atoms with Crippen molar-refractivity contribution in [2.24, 2.45) is 17.4 Å². The molecule has 2 aromatic rings. The largest absolute Gasteiger partial charge is 0.454 e. The first-order chi connectivity index (χ1) is 21.0. The Morgan fingerprint density at radius 2 is 1.52 bits per heavy atom. The van der Waals surface area contributed by atoms with Crippen molar-refractivity contribution in [3.63, 3.8) is 0 Å². The number of fused-ring (bicyclic) bond motifs is 1. The molecule has 0 aromatic heterocycles. The van der Waals surface area contributed by atoms with Gasteiger partial charge >= 0.3 is 0 Å². The number of benzene rings is 2. The van der Waals surface area contributed by atoms with Gasteiger partial charge in [-0.3, -0.25) is 24.5 Å². The zero-order valence-electron chi connectivity index (χ0n) is 26.0. The van der Waals surface area contributed by atoms with E-state index in [1.54, 1.807) is 13.1 Å². The minimum Gasteiger partial charge on any atom is -0.454 e. The molecule has 0 bridgehead atoms. The van der Waals surface area contributed by atoms with Crippen molar-refractivity contribution >= 4 is 23.6 Å². The number of carbonyl (C=O) groups excluding carboxylic acids is 4. The van der Waals surface area contributed by atoms with E-state index in [0.29, 0.717) is 24.6 Å². The van der Waals surface area contributed by atoms with Gasteiger partial charge < -0.3 is 40.5 Å². The lowest BCUT2D eigenvalue weighted by Gasteiger charge is -2.33. The SMILES string of the molecule is CC(C)CN(CC(=O)N(CN)CC(=O)N(CC(=O)N(C)Cc1ccc2c(c1)OCO2)C(C)c1ccccc1)C(=O)CNCN. The Kier molecular flexibility index (Phi) is 12.9. The Morgan fingerprint density at radius 3 is 2.18 bits per heavy atom. The van der Waals surface area contributed by atoms with Crippen LogP contribution in [0, 0.1) is 5.92 Å². The molecule has 0 fully saturated rings. The quantitative estimate of drug-likeness (QED) is 0.232. The molecule has 0 radical (unpaired) electrons. The summed E-state index contributed by atoms with van der Waals surface area (Å²) in [6, 6.07) is 14.4. The number of ether oxygens (including phenoxy) is 2. The van der Waals surface area contributed by atoms with E-state index in [-0.39, 0.29) is 64.0 Å². The van der Waals surface area contributed by atoms with Crippen LogP contribution in [0.25, 0.3) is 0 Å². The Labute approximate surface area is 259 Å². The second kappa shape index (κ2) is 16.6. The molecule has 1 unspecified atom stereocenters. The third-order valence-corrected chi connectivity index (χ3v) is 7.24. The topological polar surface area (TPSA) is 164 Å². The predicted molar refractivity (Wildman–Crippen MR) is 165 cm³/mol. The van der Waals surface area contributed by atoms with E-state index < -0.39 is 17.9 Å². The van der Waals surface area contributed by atoms with Gasteiger partial charge in [0.1, 0.15) is 13.1 Å². The average molecular weight is 612 g/mol. The van der Waals surface area contributed by atoms with Crippen molar-refractivity contribution in [3.8, 4) is 11.5 Å². The third-order valence-electron chi connectivity index (χ3n) is 7.24. The summed E-state index contributed by atoms with van der Waals surface area (Å²) in [6.07, 6.45) is 0. The molecule has 1 aliphatic heterocycles. The first-order valence-electron chi connectivity index (χ1n) is 14.7. The molecule has 44 heavy (non-hydrogen) atoms. The fourth-order valence-corrected chi connectivity index (χ4v) is 4.78. The highest BCUT2D eigenvalue weighted by molar-refractivity contribution is 5.90. The summed E-state index contributed by atoms with van der Waals surface area (Å²) in [5.74, 6) is -0.104. The number of nitrogens with zero attached hydrogens (tertiary/aromatic N) is 4. The summed E-state index contributed by atoms with van der Waals surface area (Å²) in [7, 11) is 1.66. The van der Waals surface area contributed by atoms with Crippen LogP contribution in [0.15, 0.2) is 48.5 Å². The first-order valence-corrected chi connectivity index (χ1v) is 14.7. The summed E-state index contributed by atoms with van der Waals surface area (Å²) >= 11 is 0. The summed E-state index contributed by atoms with van der Waals surface area (Å²) in [4.78, 5) is 58.9. The standard InChI is InChI=1S/C31H45N7O6/c1-22(2)14-36(28(39)13-34-19-32)16-30(41)37(20-33)17-31(42)38(23(3)25-8-6-5-7-9-25)18-29(40)35(4)15-24-10-11-26-27(12-24)44-21-43-26/h5-12,22-23,34H,13-21,32-33H2,1-4H3. The molecule has 0 saturated heterocycles. The van der Waals surface area contributed by atoms with Crippen LogP contribution in [0.4, 0.5) is 0 Å². The number of rotatable bonds is 16. The number of nitrogens with two attached hydrogens (primary N) is 2. The first kappa shape index (κ1) is 34.3. The second-order valence-corrected chi connectivity index (χ2v) is 11.1. The van der Waals surface area contributed by atoms with Crippen LogP contribution >= 0.6 is 0 Å². The minimum absolute atomic E-state index is 0.0116. The molecular formula is C31H45N7O6. The molecule has 1 heterocycles. The molecule has 2 aromatic carbocycles. The van der Waals surface area contributed by atoms with E-state index in [4.69, 9.17) is 20.9 Å². The van der Waals surface area contributed by atoms with E-state index in [9.17, 15) is 19.2 Å². The Morgan fingerprint density at radius 1 is 0.841 bits per heavy atom. The molecule has 5 N–H and O–H groups in total. The van der Waals surface area contributed by atoms with E-state index in [1.807, 2.05) is 63.2 Å².